The van der Waals surface area contributed by atoms with Gasteiger partial charge < -0.3 is 15.9 Å². The molecule has 19 heavy (non-hydrogen) atoms. The third-order valence-electron chi connectivity index (χ3n) is 3.26. The van der Waals surface area contributed by atoms with Gasteiger partial charge in [0.15, 0.2) is 11.4 Å². The Labute approximate surface area is 113 Å². The lowest BCUT2D eigenvalue weighted by molar-refractivity contribution is -0.506. The van der Waals surface area contributed by atoms with Gasteiger partial charge in [0, 0.05) is 11.6 Å². The minimum Gasteiger partial charge on any atom is -0.710 e. The predicted octanol–water partition coefficient (Wildman–Crippen LogP) is 1.59. The number of benzene rings is 1. The molecule has 102 valence electrons. The Kier molecular flexibility index (Phi) is 4.19. The molecule has 1 aromatic carbocycles. The van der Waals surface area contributed by atoms with E-state index in [-0.39, 0.29) is 0 Å². The van der Waals surface area contributed by atoms with Crippen LogP contribution in [0.3, 0.4) is 0 Å². The van der Waals surface area contributed by atoms with E-state index in [9.17, 15) is 10.4 Å². The molecule has 0 bridgehead atoms. The van der Waals surface area contributed by atoms with Crippen LogP contribution in [0, 0.1) is 10.4 Å². The van der Waals surface area contributed by atoms with Crippen molar-refractivity contribution in [2.24, 2.45) is 0 Å². The normalized spacial score (nSPS) is 16.4. The number of nitrogens with zero attached hydrogens (tertiary/aromatic N) is 2. The first-order chi connectivity index (χ1) is 9.15. The second-order valence-electron chi connectivity index (χ2n) is 4.77. The van der Waals surface area contributed by atoms with Crippen molar-refractivity contribution in [3.8, 4) is 0 Å². The summed E-state index contributed by atoms with van der Waals surface area (Å²) in [4.78, 5) is 2.04. The topological polar surface area (TPSA) is 69.0 Å². The fourth-order valence-electron chi connectivity index (χ4n) is 2.39. The molecule has 1 heterocycles. The third kappa shape index (κ3) is 2.77. The average molecular weight is 261 g/mol. The van der Waals surface area contributed by atoms with E-state index in [1.165, 1.54) is 0 Å². The van der Waals surface area contributed by atoms with Gasteiger partial charge in [-0.1, -0.05) is 18.7 Å². The lowest BCUT2D eigenvalue weighted by Crippen LogP contribution is -2.70. The van der Waals surface area contributed by atoms with Crippen LogP contribution in [0.2, 0.25) is 0 Å². The molecule has 5 heteroatoms. The van der Waals surface area contributed by atoms with E-state index in [0.717, 1.165) is 36.2 Å². The van der Waals surface area contributed by atoms with Crippen LogP contribution in [0.25, 0.3) is 0 Å². The summed E-state index contributed by atoms with van der Waals surface area (Å²) < 4.78 is 0.831. The summed E-state index contributed by atoms with van der Waals surface area (Å²) in [5.74, 6) is 0.562. The molecule has 1 fully saturated rings. The van der Waals surface area contributed by atoms with Gasteiger partial charge in [0.2, 0.25) is 0 Å². The first-order valence-electron chi connectivity index (χ1n) is 6.44. The molecule has 1 aliphatic rings. The molecule has 1 saturated heterocycles. The van der Waals surface area contributed by atoms with Crippen molar-refractivity contribution in [1.82, 2.24) is 4.90 Å². The summed E-state index contributed by atoms with van der Waals surface area (Å²) in [5.41, 5.74) is 2.20. The molecular formula is C14H19N3O2. The van der Waals surface area contributed by atoms with Crippen LogP contribution < -0.4 is 5.48 Å². The average Bonchev–Trinajstić information content (AvgIpc) is 2.92. The second-order valence-corrected chi connectivity index (χ2v) is 4.77. The molecule has 0 amide bonds. The van der Waals surface area contributed by atoms with Crippen LogP contribution in [0.1, 0.15) is 19.8 Å². The van der Waals surface area contributed by atoms with E-state index in [2.05, 4.69) is 6.58 Å². The van der Waals surface area contributed by atoms with E-state index < -0.39 is 0 Å². The number of hydrogen-bond donors (Lipinski definition) is 1. The number of likely N-dealkylation sites (tertiary alicyclic amines) is 1. The smallest absolute Gasteiger partial charge is 0.282 e. The van der Waals surface area contributed by atoms with Crippen molar-refractivity contribution in [2.45, 2.75) is 19.8 Å². The van der Waals surface area contributed by atoms with Gasteiger partial charge in [-0.3, -0.25) is 4.90 Å². The Morgan fingerprint density at radius 1 is 1.32 bits per heavy atom. The first-order valence-corrected chi connectivity index (χ1v) is 6.44. The Morgan fingerprint density at radius 2 is 1.95 bits per heavy atom. The van der Waals surface area contributed by atoms with E-state index in [1.807, 2.05) is 11.8 Å². The first kappa shape index (κ1) is 13.6. The Balaban J connectivity index is 2.48. The van der Waals surface area contributed by atoms with Gasteiger partial charge in [0.05, 0.1) is 13.1 Å². The van der Waals surface area contributed by atoms with Gasteiger partial charge in [0.25, 0.3) is 5.84 Å². The quantitative estimate of drug-likeness (QED) is 0.224. The van der Waals surface area contributed by atoms with Gasteiger partial charge in [-0.25, -0.2) is 4.74 Å². The molecule has 0 spiro atoms. The molecule has 0 saturated carbocycles. The highest BCUT2D eigenvalue weighted by molar-refractivity contribution is 5.94. The molecule has 1 aliphatic heterocycles. The standard InChI is InChI=1S/C14H19N3O2/c1-11(2)14(16-9-5-6-10-16)17(19)13-8-4-3-7-12(13)15-18/h3-4,7-8H,1,5-6,9-10,15H2,2H3/b17-14-. The maximum Gasteiger partial charge on any atom is 0.282 e. The zero-order valence-corrected chi connectivity index (χ0v) is 11.1. The molecule has 0 atom stereocenters. The molecule has 0 radical (unpaired) electrons. The molecular weight excluding hydrogens is 242 g/mol. The largest absolute Gasteiger partial charge is 0.710 e. The molecule has 0 aliphatic carbocycles. The number of para-hydroxylation sites is 1. The van der Waals surface area contributed by atoms with Crippen LogP contribution in [-0.4, -0.2) is 28.6 Å². The van der Waals surface area contributed by atoms with E-state index in [0.29, 0.717) is 22.7 Å². The van der Waals surface area contributed by atoms with Gasteiger partial charge >= 0.3 is 0 Å². The maximum atomic E-state index is 12.6. The van der Waals surface area contributed by atoms with Crippen molar-refractivity contribution in [1.29, 1.82) is 0 Å². The lowest BCUT2D eigenvalue weighted by Gasteiger charge is -2.21. The SMILES string of the molecule is C=C(C)/C(N1CCCC1)=[N+](/[O-])c1ccccc1[NH2+][O-]. The minimum atomic E-state index is 0.377. The fourth-order valence-corrected chi connectivity index (χ4v) is 2.39. The summed E-state index contributed by atoms with van der Waals surface area (Å²) in [6.45, 7) is 7.45. The molecule has 0 aromatic heterocycles. The van der Waals surface area contributed by atoms with E-state index >= 15 is 0 Å². The van der Waals surface area contributed by atoms with Crippen molar-refractivity contribution in [3.05, 3.63) is 46.8 Å². The number of hydrogen-bond acceptors (Lipinski definition) is 2. The summed E-state index contributed by atoms with van der Waals surface area (Å²) >= 11 is 0. The Morgan fingerprint density at radius 3 is 2.53 bits per heavy atom. The highest BCUT2D eigenvalue weighted by Gasteiger charge is 2.26. The number of rotatable bonds is 3. The van der Waals surface area contributed by atoms with Crippen LogP contribution in [0.15, 0.2) is 36.4 Å². The highest BCUT2D eigenvalue weighted by atomic mass is 16.5. The zero-order chi connectivity index (χ0) is 13.8. The van der Waals surface area contributed by atoms with Crippen LogP contribution >= 0.6 is 0 Å². The summed E-state index contributed by atoms with van der Waals surface area (Å²) in [6, 6.07) is 6.81. The van der Waals surface area contributed by atoms with E-state index in [1.54, 1.807) is 24.3 Å². The van der Waals surface area contributed by atoms with Gasteiger partial charge in [-0.15, -0.1) is 0 Å². The number of amidine groups is 1. The number of quaternary nitrogens is 1. The molecule has 2 rings (SSSR count). The van der Waals surface area contributed by atoms with Crippen molar-refractivity contribution in [3.63, 3.8) is 0 Å². The fraction of sp³-hybridized carbons (Fsp3) is 0.357. The molecule has 2 N–H and O–H groups in total. The van der Waals surface area contributed by atoms with Gasteiger partial charge in [-0.05, 0) is 25.8 Å². The summed E-state index contributed by atoms with van der Waals surface area (Å²) in [5, 5.41) is 23.6. The van der Waals surface area contributed by atoms with E-state index in [4.69, 9.17) is 0 Å². The van der Waals surface area contributed by atoms with Crippen LogP contribution in [-0.2, 0) is 0 Å². The third-order valence-corrected chi connectivity index (χ3v) is 3.26. The molecule has 0 unspecified atom stereocenters. The van der Waals surface area contributed by atoms with Gasteiger partial charge in [0.1, 0.15) is 0 Å². The summed E-state index contributed by atoms with van der Waals surface area (Å²) in [6.07, 6.45) is 2.17. The van der Waals surface area contributed by atoms with Crippen LogP contribution in [0.5, 0.6) is 0 Å². The zero-order valence-electron chi connectivity index (χ0n) is 11.1. The van der Waals surface area contributed by atoms with Crippen LogP contribution in [0.4, 0.5) is 11.4 Å². The Hall–Kier alpha value is -1.85. The van der Waals surface area contributed by atoms with Crippen molar-refractivity contribution >= 4 is 17.2 Å². The maximum absolute atomic E-state index is 12.6. The van der Waals surface area contributed by atoms with Crippen molar-refractivity contribution < 1.29 is 10.2 Å². The minimum absolute atomic E-state index is 0.377. The second kappa shape index (κ2) is 5.86. The Bertz CT molecular complexity index is 505. The highest BCUT2D eigenvalue weighted by Crippen LogP contribution is 2.22. The predicted molar refractivity (Wildman–Crippen MR) is 75.3 cm³/mol. The number of nitrogens with two attached hydrogens (primary N) is 1. The van der Waals surface area contributed by atoms with Crippen molar-refractivity contribution in [2.75, 3.05) is 13.1 Å². The van der Waals surface area contributed by atoms with Gasteiger partial charge in [-0.2, -0.15) is 0 Å². The lowest BCUT2D eigenvalue weighted by atomic mass is 10.2. The molecule has 1 aromatic rings. The summed E-state index contributed by atoms with van der Waals surface area (Å²) in [7, 11) is 0. The monoisotopic (exact) mass is 261 g/mol. The molecule has 5 nitrogen and oxygen atoms in total.